The minimum atomic E-state index is -0.632. The average molecular weight is 480 g/mol. The van der Waals surface area contributed by atoms with Gasteiger partial charge in [-0.05, 0) is 58.3 Å². The number of piperidine rings is 1. The van der Waals surface area contributed by atoms with Crippen LogP contribution in [0.1, 0.15) is 81.6 Å². The van der Waals surface area contributed by atoms with Crippen molar-refractivity contribution in [3.63, 3.8) is 0 Å². The number of ether oxygens (including phenoxy) is 1. The first-order valence-electron chi connectivity index (χ1n) is 13.0. The number of nitrogens with zero attached hydrogens (tertiary/aromatic N) is 2. The van der Waals surface area contributed by atoms with E-state index in [9.17, 15) is 14.4 Å². The third kappa shape index (κ3) is 8.10. The molecule has 0 radical (unpaired) electrons. The standard InChI is InChI=1S/C27H49N3O4/c1-11-21-13-14-22(30(16-21)19(7)8)25(31)28-24(18(5)6)26(32)29(10)23(17(3)4)15-20(9)27(33)34-12-2/h15,17-19,21-24H,11-14,16H2,1-10H3,(H,28,31)/t21?,22-,23-,24+/m1/s1. The van der Waals surface area contributed by atoms with Crippen molar-refractivity contribution in [3.8, 4) is 0 Å². The summed E-state index contributed by atoms with van der Waals surface area (Å²) in [4.78, 5) is 43.1. The summed E-state index contributed by atoms with van der Waals surface area (Å²) < 4.78 is 5.10. The lowest BCUT2D eigenvalue weighted by molar-refractivity contribution is -0.141. The van der Waals surface area contributed by atoms with Crippen molar-refractivity contribution < 1.29 is 19.1 Å². The van der Waals surface area contributed by atoms with E-state index in [4.69, 9.17) is 4.74 Å². The number of likely N-dealkylation sites (N-methyl/N-ethyl adjacent to an activating group) is 1. The Morgan fingerprint density at radius 1 is 1.06 bits per heavy atom. The first-order chi connectivity index (χ1) is 15.8. The number of esters is 1. The Hall–Kier alpha value is -1.89. The van der Waals surface area contributed by atoms with Crippen molar-refractivity contribution in [3.05, 3.63) is 11.6 Å². The maximum atomic E-state index is 13.6. The second-order valence-corrected chi connectivity index (χ2v) is 10.6. The Morgan fingerprint density at radius 3 is 2.15 bits per heavy atom. The van der Waals surface area contributed by atoms with E-state index in [-0.39, 0.29) is 47.7 Å². The molecule has 1 unspecified atom stereocenters. The van der Waals surface area contributed by atoms with Crippen molar-refractivity contribution >= 4 is 17.8 Å². The van der Waals surface area contributed by atoms with E-state index in [1.54, 1.807) is 31.9 Å². The summed E-state index contributed by atoms with van der Waals surface area (Å²) in [5.74, 6) is 0.0424. The van der Waals surface area contributed by atoms with E-state index in [2.05, 4.69) is 31.0 Å². The molecule has 1 aliphatic rings. The van der Waals surface area contributed by atoms with Crippen LogP contribution >= 0.6 is 0 Å². The highest BCUT2D eigenvalue weighted by atomic mass is 16.5. The van der Waals surface area contributed by atoms with Crippen molar-refractivity contribution in [2.24, 2.45) is 17.8 Å². The summed E-state index contributed by atoms with van der Waals surface area (Å²) in [5.41, 5.74) is 0.477. The molecule has 1 heterocycles. The van der Waals surface area contributed by atoms with Gasteiger partial charge in [0.05, 0.1) is 18.7 Å². The van der Waals surface area contributed by atoms with Gasteiger partial charge in [0, 0.05) is 25.2 Å². The van der Waals surface area contributed by atoms with Gasteiger partial charge in [-0.3, -0.25) is 14.5 Å². The zero-order valence-corrected chi connectivity index (χ0v) is 23.2. The molecule has 0 aromatic rings. The minimum absolute atomic E-state index is 0.0666. The Bertz CT molecular complexity index is 717. The number of nitrogens with one attached hydrogen (secondary N) is 1. The normalized spacial score (nSPS) is 21.5. The Labute approximate surface area is 207 Å². The molecular formula is C27H49N3O4. The lowest BCUT2D eigenvalue weighted by Gasteiger charge is -2.42. The molecule has 2 amide bonds. The molecule has 0 bridgehead atoms. The third-order valence-corrected chi connectivity index (χ3v) is 6.99. The van der Waals surface area contributed by atoms with Crippen molar-refractivity contribution in [1.29, 1.82) is 0 Å². The molecule has 0 aromatic heterocycles. The smallest absolute Gasteiger partial charge is 0.333 e. The van der Waals surface area contributed by atoms with Crippen LogP contribution in [-0.4, -0.2) is 72.0 Å². The average Bonchev–Trinajstić information content (AvgIpc) is 2.78. The van der Waals surface area contributed by atoms with Gasteiger partial charge in [-0.15, -0.1) is 0 Å². The molecule has 0 spiro atoms. The molecular weight excluding hydrogens is 430 g/mol. The molecule has 7 nitrogen and oxygen atoms in total. The Kier molecular flexibility index (Phi) is 12.3. The molecule has 0 aliphatic carbocycles. The molecule has 0 saturated carbocycles. The number of hydrogen-bond acceptors (Lipinski definition) is 5. The van der Waals surface area contributed by atoms with Crippen LogP contribution in [0.3, 0.4) is 0 Å². The molecule has 1 rings (SSSR count). The maximum absolute atomic E-state index is 13.6. The number of likely N-dealkylation sites (tertiary alicyclic amines) is 1. The summed E-state index contributed by atoms with van der Waals surface area (Å²) >= 11 is 0. The SMILES string of the molecule is CCOC(=O)C(C)=C[C@H](C(C)C)N(C)C(=O)[C@@H](NC(=O)[C@H]1CCC(CC)CN1C(C)C)C(C)C. The van der Waals surface area contributed by atoms with Gasteiger partial charge in [0.1, 0.15) is 6.04 Å². The van der Waals surface area contributed by atoms with Crippen LogP contribution in [0.4, 0.5) is 0 Å². The number of hydrogen-bond donors (Lipinski definition) is 1. The van der Waals surface area contributed by atoms with Gasteiger partial charge < -0.3 is 15.0 Å². The number of carbonyl (C=O) groups is 3. The lowest BCUT2D eigenvalue weighted by Crippen LogP contribution is -2.59. The fraction of sp³-hybridized carbons (Fsp3) is 0.815. The third-order valence-electron chi connectivity index (χ3n) is 6.99. The fourth-order valence-electron chi connectivity index (χ4n) is 4.71. The zero-order chi connectivity index (χ0) is 26.2. The molecule has 196 valence electrons. The molecule has 7 heteroatoms. The van der Waals surface area contributed by atoms with Crippen LogP contribution in [0.15, 0.2) is 11.6 Å². The van der Waals surface area contributed by atoms with E-state index in [0.29, 0.717) is 18.1 Å². The molecule has 1 fully saturated rings. The van der Waals surface area contributed by atoms with Crippen LogP contribution in [0.25, 0.3) is 0 Å². The van der Waals surface area contributed by atoms with Crippen molar-refractivity contribution in [2.45, 2.75) is 106 Å². The Balaban J connectivity index is 3.07. The van der Waals surface area contributed by atoms with E-state index in [1.165, 1.54) is 0 Å². The van der Waals surface area contributed by atoms with E-state index >= 15 is 0 Å². The van der Waals surface area contributed by atoms with E-state index in [1.807, 2.05) is 27.7 Å². The van der Waals surface area contributed by atoms with E-state index < -0.39 is 6.04 Å². The number of rotatable bonds is 11. The zero-order valence-electron chi connectivity index (χ0n) is 23.2. The van der Waals surface area contributed by atoms with Gasteiger partial charge in [-0.25, -0.2) is 4.79 Å². The van der Waals surface area contributed by atoms with Crippen LogP contribution in [0.2, 0.25) is 0 Å². The summed E-state index contributed by atoms with van der Waals surface area (Å²) in [6.07, 6.45) is 4.76. The van der Waals surface area contributed by atoms with Crippen LogP contribution in [0.5, 0.6) is 0 Å². The summed E-state index contributed by atoms with van der Waals surface area (Å²) in [5, 5.41) is 3.09. The minimum Gasteiger partial charge on any atom is -0.463 e. The van der Waals surface area contributed by atoms with Gasteiger partial charge in [0.15, 0.2) is 0 Å². The highest BCUT2D eigenvalue weighted by Crippen LogP contribution is 2.26. The first kappa shape index (κ1) is 30.1. The predicted octanol–water partition coefficient (Wildman–Crippen LogP) is 4.02. The second-order valence-electron chi connectivity index (χ2n) is 10.6. The van der Waals surface area contributed by atoms with Gasteiger partial charge in [0.25, 0.3) is 0 Å². The second kappa shape index (κ2) is 13.9. The molecule has 4 atom stereocenters. The molecule has 0 aromatic carbocycles. The van der Waals surface area contributed by atoms with Crippen LogP contribution in [-0.2, 0) is 19.1 Å². The molecule has 1 aliphatic heterocycles. The summed E-state index contributed by atoms with van der Waals surface area (Å²) in [7, 11) is 1.75. The summed E-state index contributed by atoms with van der Waals surface area (Å²) in [6.45, 7) is 19.1. The van der Waals surface area contributed by atoms with Gasteiger partial charge in [0.2, 0.25) is 11.8 Å². The fourth-order valence-corrected chi connectivity index (χ4v) is 4.71. The van der Waals surface area contributed by atoms with Crippen LogP contribution < -0.4 is 5.32 Å². The maximum Gasteiger partial charge on any atom is 0.333 e. The number of carbonyl (C=O) groups excluding carboxylic acids is 3. The number of amides is 2. The molecule has 34 heavy (non-hydrogen) atoms. The summed E-state index contributed by atoms with van der Waals surface area (Å²) in [6, 6.07) is -0.869. The van der Waals surface area contributed by atoms with Gasteiger partial charge in [-0.1, -0.05) is 47.1 Å². The first-order valence-corrected chi connectivity index (χ1v) is 13.0. The topological polar surface area (TPSA) is 79.0 Å². The molecule has 1 N–H and O–H groups in total. The Morgan fingerprint density at radius 2 is 1.68 bits per heavy atom. The lowest BCUT2D eigenvalue weighted by atomic mass is 9.89. The largest absolute Gasteiger partial charge is 0.463 e. The molecule has 1 saturated heterocycles. The highest BCUT2D eigenvalue weighted by molar-refractivity contribution is 5.91. The monoisotopic (exact) mass is 479 g/mol. The van der Waals surface area contributed by atoms with Crippen molar-refractivity contribution in [2.75, 3.05) is 20.2 Å². The van der Waals surface area contributed by atoms with Gasteiger partial charge in [-0.2, -0.15) is 0 Å². The van der Waals surface area contributed by atoms with Crippen LogP contribution in [0, 0.1) is 17.8 Å². The van der Waals surface area contributed by atoms with Crippen molar-refractivity contribution in [1.82, 2.24) is 15.1 Å². The van der Waals surface area contributed by atoms with E-state index in [0.717, 1.165) is 25.8 Å². The highest BCUT2D eigenvalue weighted by Gasteiger charge is 2.37. The van der Waals surface area contributed by atoms with Gasteiger partial charge >= 0.3 is 5.97 Å². The quantitative estimate of drug-likeness (QED) is 0.358. The predicted molar refractivity (Wildman–Crippen MR) is 137 cm³/mol.